The number of methoxy groups -OCH3 is 2. The van der Waals surface area contributed by atoms with Crippen LogP contribution in [-0.2, 0) is 26.0 Å². The molecule has 0 spiro atoms. The third-order valence-corrected chi connectivity index (χ3v) is 7.86. The predicted octanol–water partition coefficient (Wildman–Crippen LogP) is 3.64. The molecule has 2 aromatic rings. The summed E-state index contributed by atoms with van der Waals surface area (Å²) in [6.45, 7) is 5.63. The van der Waals surface area contributed by atoms with E-state index in [1.54, 1.807) is 43.9 Å². The molecule has 3 rings (SSSR count). The number of ether oxygens (including phenoxy) is 3. The molecule has 2 N–H and O–H groups in total. The number of alkyl carbamates (subject to hydrolysis) is 1. The van der Waals surface area contributed by atoms with Crippen molar-refractivity contribution in [3.63, 3.8) is 0 Å². The van der Waals surface area contributed by atoms with E-state index in [4.69, 9.17) is 14.2 Å². The number of likely N-dealkylation sites (tertiary alicyclic amines) is 1. The molecule has 1 heterocycles. The molecule has 40 heavy (non-hydrogen) atoms. The van der Waals surface area contributed by atoms with E-state index in [1.807, 2.05) is 0 Å². The highest BCUT2D eigenvalue weighted by Crippen LogP contribution is 2.29. The second kappa shape index (κ2) is 13.3. The molecular formula is C28H38FN3O7S. The molecule has 0 aromatic heterocycles. The SMILES string of the molecule is COc1ccc(S(=O)(=O)NCC2CCCN2C(=O)CC(Cc2ccccc2F)NC(=O)OC(C)(C)C)cc1OC. The molecule has 2 amide bonds. The average molecular weight is 580 g/mol. The van der Waals surface area contributed by atoms with Gasteiger partial charge in [0, 0.05) is 37.7 Å². The van der Waals surface area contributed by atoms with Gasteiger partial charge in [-0.25, -0.2) is 22.3 Å². The Morgan fingerprint density at radius 2 is 1.80 bits per heavy atom. The Kier molecular flexibility index (Phi) is 10.4. The minimum atomic E-state index is -3.89. The number of sulfonamides is 1. The van der Waals surface area contributed by atoms with Crippen LogP contribution in [0.4, 0.5) is 9.18 Å². The maximum Gasteiger partial charge on any atom is 0.407 e. The van der Waals surface area contributed by atoms with Gasteiger partial charge >= 0.3 is 6.09 Å². The summed E-state index contributed by atoms with van der Waals surface area (Å²) in [6, 6.07) is 9.36. The van der Waals surface area contributed by atoms with Crippen molar-refractivity contribution in [1.29, 1.82) is 0 Å². The fraction of sp³-hybridized carbons (Fsp3) is 0.500. The molecule has 220 valence electrons. The monoisotopic (exact) mass is 579 g/mol. The van der Waals surface area contributed by atoms with Crippen LogP contribution in [-0.4, -0.2) is 70.3 Å². The average Bonchev–Trinajstić information content (AvgIpc) is 3.36. The molecule has 1 aliphatic heterocycles. The van der Waals surface area contributed by atoms with Gasteiger partial charge in [-0.1, -0.05) is 18.2 Å². The van der Waals surface area contributed by atoms with Crippen molar-refractivity contribution in [3.05, 3.63) is 53.8 Å². The van der Waals surface area contributed by atoms with E-state index in [-0.39, 0.29) is 42.0 Å². The van der Waals surface area contributed by atoms with Crippen LogP contribution < -0.4 is 19.5 Å². The van der Waals surface area contributed by atoms with E-state index >= 15 is 0 Å². The molecule has 0 radical (unpaired) electrons. The summed E-state index contributed by atoms with van der Waals surface area (Å²) in [6.07, 6.45) is 0.584. The minimum absolute atomic E-state index is 0.00698. The topological polar surface area (TPSA) is 123 Å². The number of carbonyl (C=O) groups is 2. The molecule has 0 aliphatic carbocycles. The van der Waals surface area contributed by atoms with E-state index in [1.165, 1.54) is 38.5 Å². The molecule has 1 fully saturated rings. The van der Waals surface area contributed by atoms with Crippen LogP contribution in [0.25, 0.3) is 0 Å². The highest BCUT2D eigenvalue weighted by Gasteiger charge is 2.32. The number of nitrogens with one attached hydrogen (secondary N) is 2. The Balaban J connectivity index is 1.70. The number of hydrogen-bond donors (Lipinski definition) is 2. The van der Waals surface area contributed by atoms with E-state index in [0.29, 0.717) is 30.7 Å². The van der Waals surface area contributed by atoms with Gasteiger partial charge in [-0.2, -0.15) is 0 Å². The van der Waals surface area contributed by atoms with Crippen LogP contribution in [0.5, 0.6) is 11.5 Å². The Morgan fingerprint density at radius 1 is 1.10 bits per heavy atom. The lowest BCUT2D eigenvalue weighted by atomic mass is 10.0. The van der Waals surface area contributed by atoms with Gasteiger partial charge < -0.3 is 24.4 Å². The van der Waals surface area contributed by atoms with Gasteiger partial charge in [-0.15, -0.1) is 0 Å². The molecule has 2 atom stereocenters. The number of rotatable bonds is 11. The normalized spacial score (nSPS) is 16.4. The van der Waals surface area contributed by atoms with Crippen molar-refractivity contribution in [2.75, 3.05) is 27.3 Å². The highest BCUT2D eigenvalue weighted by molar-refractivity contribution is 7.89. The molecule has 0 saturated carbocycles. The van der Waals surface area contributed by atoms with Crippen LogP contribution in [0.1, 0.15) is 45.6 Å². The molecule has 2 aromatic carbocycles. The second-order valence-electron chi connectivity index (χ2n) is 10.6. The zero-order valence-corrected chi connectivity index (χ0v) is 24.3. The Hall–Kier alpha value is -3.38. The molecule has 1 aliphatic rings. The lowest BCUT2D eigenvalue weighted by Crippen LogP contribution is -2.47. The van der Waals surface area contributed by atoms with Gasteiger partial charge in [-0.3, -0.25) is 4.79 Å². The Bertz CT molecular complexity index is 1300. The van der Waals surface area contributed by atoms with Crippen molar-refractivity contribution in [3.8, 4) is 11.5 Å². The molecular weight excluding hydrogens is 541 g/mol. The predicted molar refractivity (Wildman–Crippen MR) is 147 cm³/mol. The highest BCUT2D eigenvalue weighted by atomic mass is 32.2. The first kappa shape index (κ1) is 31.2. The standard InChI is InChI=1S/C28H38FN3O7S/c1-28(2,3)39-27(34)31-20(15-19-9-6-7-11-23(19)29)16-26(33)32-14-8-10-21(32)18-30-40(35,36)22-12-13-24(37-4)25(17-22)38-5/h6-7,9,11-13,17,20-21,30H,8,10,14-16,18H2,1-5H3,(H,31,34). The van der Waals surface area contributed by atoms with E-state index < -0.39 is 33.6 Å². The van der Waals surface area contributed by atoms with Crippen molar-refractivity contribution >= 4 is 22.0 Å². The first-order valence-corrected chi connectivity index (χ1v) is 14.6. The van der Waals surface area contributed by atoms with Gasteiger partial charge in [0.2, 0.25) is 15.9 Å². The summed E-state index contributed by atoms with van der Waals surface area (Å²) in [5, 5.41) is 2.71. The van der Waals surface area contributed by atoms with Gasteiger partial charge in [-0.05, 0) is 63.8 Å². The van der Waals surface area contributed by atoms with Crippen LogP contribution in [0, 0.1) is 5.82 Å². The number of hydrogen-bond acceptors (Lipinski definition) is 7. The minimum Gasteiger partial charge on any atom is -0.493 e. The van der Waals surface area contributed by atoms with Gasteiger partial charge in [0.25, 0.3) is 0 Å². The fourth-order valence-electron chi connectivity index (χ4n) is 4.56. The zero-order chi connectivity index (χ0) is 29.5. The molecule has 1 saturated heterocycles. The van der Waals surface area contributed by atoms with Crippen LogP contribution in [0.2, 0.25) is 0 Å². The summed E-state index contributed by atoms with van der Waals surface area (Å²) < 4.78 is 58.6. The van der Waals surface area contributed by atoms with Crippen LogP contribution >= 0.6 is 0 Å². The lowest BCUT2D eigenvalue weighted by molar-refractivity contribution is -0.132. The van der Waals surface area contributed by atoms with Gasteiger partial charge in [0.1, 0.15) is 11.4 Å². The summed E-state index contributed by atoms with van der Waals surface area (Å²) in [7, 11) is -1.02. The Labute approximate surface area is 235 Å². The second-order valence-corrected chi connectivity index (χ2v) is 12.4. The number of halogens is 1. The summed E-state index contributed by atoms with van der Waals surface area (Å²) in [5.74, 6) is -0.0276. The van der Waals surface area contributed by atoms with E-state index in [2.05, 4.69) is 10.0 Å². The van der Waals surface area contributed by atoms with Crippen LogP contribution in [0.15, 0.2) is 47.4 Å². The largest absolute Gasteiger partial charge is 0.493 e. The fourth-order valence-corrected chi connectivity index (χ4v) is 5.64. The number of carbonyl (C=O) groups excluding carboxylic acids is 2. The van der Waals surface area contributed by atoms with Crippen molar-refractivity contribution < 1.29 is 36.6 Å². The van der Waals surface area contributed by atoms with Crippen molar-refractivity contribution in [1.82, 2.24) is 14.9 Å². The maximum absolute atomic E-state index is 14.4. The smallest absolute Gasteiger partial charge is 0.407 e. The third-order valence-electron chi connectivity index (χ3n) is 6.44. The number of amides is 2. The molecule has 0 bridgehead atoms. The van der Waals surface area contributed by atoms with E-state index in [0.717, 1.165) is 0 Å². The van der Waals surface area contributed by atoms with Gasteiger partial charge in [0.15, 0.2) is 11.5 Å². The molecule has 12 heteroatoms. The first-order valence-electron chi connectivity index (χ1n) is 13.1. The quantitative estimate of drug-likeness (QED) is 0.417. The third kappa shape index (κ3) is 8.56. The lowest BCUT2D eigenvalue weighted by Gasteiger charge is -2.28. The zero-order valence-electron chi connectivity index (χ0n) is 23.5. The summed E-state index contributed by atoms with van der Waals surface area (Å²) in [4.78, 5) is 27.5. The maximum atomic E-state index is 14.4. The van der Waals surface area contributed by atoms with Crippen molar-refractivity contribution in [2.24, 2.45) is 0 Å². The molecule has 10 nitrogen and oxygen atoms in total. The van der Waals surface area contributed by atoms with E-state index in [9.17, 15) is 22.4 Å². The number of benzene rings is 2. The van der Waals surface area contributed by atoms with Crippen molar-refractivity contribution in [2.45, 2.75) is 69.0 Å². The van der Waals surface area contributed by atoms with Gasteiger partial charge in [0.05, 0.1) is 19.1 Å². The number of nitrogens with zero attached hydrogens (tertiary/aromatic N) is 1. The summed E-state index contributed by atoms with van der Waals surface area (Å²) >= 11 is 0. The molecule has 2 unspecified atom stereocenters. The Morgan fingerprint density at radius 3 is 2.45 bits per heavy atom. The van der Waals surface area contributed by atoms with Crippen LogP contribution in [0.3, 0.4) is 0 Å². The first-order chi connectivity index (χ1) is 18.8. The summed E-state index contributed by atoms with van der Waals surface area (Å²) in [5.41, 5.74) is -0.390.